The molecule has 0 heterocycles. The summed E-state index contributed by atoms with van der Waals surface area (Å²) in [4.78, 5) is 0. The Morgan fingerprint density at radius 1 is 1.30 bits per heavy atom. The average Bonchev–Trinajstić information content (AvgIpc) is 2.05. The molecule has 0 spiro atoms. The van der Waals surface area contributed by atoms with Crippen molar-refractivity contribution in [3.63, 3.8) is 0 Å². The second-order valence-electron chi connectivity index (χ2n) is 2.72. The van der Waals surface area contributed by atoms with Gasteiger partial charge in [0.15, 0.2) is 0 Å². The molecule has 0 N–H and O–H groups in total. The normalized spacial score (nSPS) is 14.5. The van der Waals surface area contributed by atoms with E-state index in [-0.39, 0.29) is 7.83 Å². The van der Waals surface area contributed by atoms with Gasteiger partial charge >= 0.3 is 0 Å². The summed E-state index contributed by atoms with van der Waals surface area (Å²) in [5.74, 6) is 0. The zero-order valence-electron chi connectivity index (χ0n) is 6.67. The fourth-order valence-corrected chi connectivity index (χ4v) is 5.75. The summed E-state index contributed by atoms with van der Waals surface area (Å²) in [6.45, 7) is 2.46. The Bertz CT molecular complexity index is 185. The molecule has 0 saturated carbocycles. The number of benzene rings is 1. The maximum atomic E-state index is 2.46. The lowest BCUT2D eigenvalue weighted by Gasteiger charge is -2.04. The van der Waals surface area contributed by atoms with Gasteiger partial charge in [-0.15, -0.1) is 0 Å². The predicted octanol–water partition coefficient (Wildman–Crippen LogP) is -1.30. The van der Waals surface area contributed by atoms with Gasteiger partial charge in [0.2, 0.25) is 0 Å². The Hall–Kier alpha value is -0.129. The molecule has 0 saturated heterocycles. The molecule has 0 radical (unpaired) electrons. The highest BCUT2D eigenvalue weighted by Gasteiger charge is 2.01. The minimum absolute atomic E-state index is 0.262. The molecule has 0 nitrogen and oxygen atoms in total. The largest absolute Gasteiger partial charge is 0.0768 e. The molecule has 54 valence electrons. The molecule has 0 amide bonds. The SMILES string of the molecule is C[SiH2][SiH]([SiH3])c1ccccc1. The highest BCUT2D eigenvalue weighted by atomic mass is 29.5. The molecular formula is C7H14Si3. The number of rotatable bonds is 2. The topological polar surface area (TPSA) is 0 Å². The summed E-state index contributed by atoms with van der Waals surface area (Å²) >= 11 is 0. The second kappa shape index (κ2) is 3.90. The lowest BCUT2D eigenvalue weighted by Crippen LogP contribution is -2.35. The van der Waals surface area contributed by atoms with E-state index in [4.69, 9.17) is 0 Å². The second-order valence-corrected chi connectivity index (χ2v) is 21.2. The van der Waals surface area contributed by atoms with Gasteiger partial charge in [0, 0.05) is 16.9 Å². The van der Waals surface area contributed by atoms with E-state index in [1.165, 1.54) is 9.76 Å². The van der Waals surface area contributed by atoms with Crippen molar-refractivity contribution in [1.29, 1.82) is 0 Å². The first-order valence-corrected chi connectivity index (χ1v) is 13.8. The molecule has 1 aromatic carbocycles. The van der Waals surface area contributed by atoms with Crippen molar-refractivity contribution in [2.75, 3.05) is 0 Å². The van der Waals surface area contributed by atoms with E-state index in [9.17, 15) is 0 Å². The fraction of sp³-hybridized carbons (Fsp3) is 0.143. The van der Waals surface area contributed by atoms with Crippen LogP contribution in [0.25, 0.3) is 0 Å². The van der Waals surface area contributed by atoms with Crippen LogP contribution in [-0.2, 0) is 0 Å². The highest BCUT2D eigenvalue weighted by Crippen LogP contribution is 1.83. The third-order valence-electron chi connectivity index (χ3n) is 1.98. The first-order chi connectivity index (χ1) is 4.84. The van der Waals surface area contributed by atoms with Crippen molar-refractivity contribution in [2.24, 2.45) is 0 Å². The molecular weight excluding hydrogens is 168 g/mol. The zero-order chi connectivity index (χ0) is 7.40. The lowest BCUT2D eigenvalue weighted by molar-refractivity contribution is 1.77. The fourth-order valence-electron chi connectivity index (χ4n) is 1.02. The van der Waals surface area contributed by atoms with Gasteiger partial charge in [0.1, 0.15) is 0 Å². The molecule has 1 rings (SSSR count). The van der Waals surface area contributed by atoms with Crippen LogP contribution in [0, 0.1) is 0 Å². The Kier molecular flexibility index (Phi) is 3.11. The number of hydrogen-bond acceptors (Lipinski definition) is 0. The monoisotopic (exact) mass is 182 g/mol. The van der Waals surface area contributed by atoms with Crippen LogP contribution in [0.5, 0.6) is 0 Å². The zero-order valence-corrected chi connectivity index (χ0v) is 11.2. The van der Waals surface area contributed by atoms with E-state index >= 15 is 0 Å². The molecule has 0 aliphatic heterocycles. The quantitative estimate of drug-likeness (QED) is 0.499. The van der Waals surface area contributed by atoms with Crippen molar-refractivity contribution in [3.8, 4) is 0 Å². The minimum Gasteiger partial charge on any atom is -0.0768 e. The van der Waals surface area contributed by atoms with Gasteiger partial charge in [-0.1, -0.05) is 42.1 Å². The van der Waals surface area contributed by atoms with Gasteiger partial charge in [-0.2, -0.15) is 0 Å². The van der Waals surface area contributed by atoms with E-state index in [0.29, 0.717) is 9.04 Å². The van der Waals surface area contributed by atoms with Crippen molar-refractivity contribution < 1.29 is 0 Å². The molecule has 1 unspecified atom stereocenters. The van der Waals surface area contributed by atoms with Gasteiger partial charge in [0.25, 0.3) is 0 Å². The van der Waals surface area contributed by atoms with Gasteiger partial charge in [-0.25, -0.2) is 0 Å². The molecule has 1 aromatic rings. The summed E-state index contributed by atoms with van der Waals surface area (Å²) in [5, 5.41) is 1.71. The van der Waals surface area contributed by atoms with Gasteiger partial charge in [-0.3, -0.25) is 0 Å². The predicted molar refractivity (Wildman–Crippen MR) is 57.6 cm³/mol. The van der Waals surface area contributed by atoms with E-state index in [1.54, 1.807) is 5.19 Å². The molecule has 0 bridgehead atoms. The van der Waals surface area contributed by atoms with E-state index in [1.807, 2.05) is 0 Å². The summed E-state index contributed by atoms with van der Waals surface area (Å²) in [5.41, 5.74) is 0. The van der Waals surface area contributed by atoms with Crippen LogP contribution in [0.2, 0.25) is 6.55 Å². The summed E-state index contributed by atoms with van der Waals surface area (Å²) in [6, 6.07) is 11.1. The molecule has 10 heavy (non-hydrogen) atoms. The summed E-state index contributed by atoms with van der Waals surface area (Å²) in [6.07, 6.45) is 0. The Labute approximate surface area is 69.1 Å². The molecule has 0 aromatic heterocycles. The van der Waals surface area contributed by atoms with Crippen LogP contribution in [-0.4, -0.2) is 26.6 Å². The third-order valence-corrected chi connectivity index (χ3v) is 19.2. The van der Waals surface area contributed by atoms with Crippen LogP contribution in [0.15, 0.2) is 30.3 Å². The van der Waals surface area contributed by atoms with E-state index in [0.717, 1.165) is 0 Å². The standard InChI is InChI=1S/C7H14Si3/c1-9-10(8)7-5-3-2-4-6-7/h2-6,10H,9H2,1,8H3. The molecule has 0 fully saturated rings. The van der Waals surface area contributed by atoms with Crippen molar-refractivity contribution in [1.82, 2.24) is 0 Å². The van der Waals surface area contributed by atoms with Crippen LogP contribution in [0.1, 0.15) is 0 Å². The number of hydrogen-bond donors (Lipinski definition) is 0. The van der Waals surface area contributed by atoms with Gasteiger partial charge in [0.05, 0.1) is 0 Å². The third kappa shape index (κ3) is 1.93. The Morgan fingerprint density at radius 3 is 2.40 bits per heavy atom. The maximum absolute atomic E-state index is 2.46. The van der Waals surface area contributed by atoms with Gasteiger partial charge in [-0.05, 0) is 9.76 Å². The van der Waals surface area contributed by atoms with Crippen LogP contribution < -0.4 is 5.19 Å². The van der Waals surface area contributed by atoms with Gasteiger partial charge < -0.3 is 0 Å². The maximum Gasteiger partial charge on any atom is 0.0417 e. The highest BCUT2D eigenvalue weighted by molar-refractivity contribution is 7.40. The van der Waals surface area contributed by atoms with E-state index < -0.39 is 0 Å². The van der Waals surface area contributed by atoms with Crippen LogP contribution >= 0.6 is 0 Å². The average molecular weight is 182 g/mol. The minimum atomic E-state index is -0.262. The van der Waals surface area contributed by atoms with E-state index in [2.05, 4.69) is 36.9 Å². The Morgan fingerprint density at radius 2 is 1.90 bits per heavy atom. The molecule has 0 aliphatic rings. The van der Waals surface area contributed by atoms with Crippen LogP contribution in [0.3, 0.4) is 0 Å². The smallest absolute Gasteiger partial charge is 0.0417 e. The summed E-state index contributed by atoms with van der Waals surface area (Å²) < 4.78 is 0. The first-order valence-electron chi connectivity index (χ1n) is 3.89. The molecule has 0 aliphatic carbocycles. The molecule has 3 heteroatoms. The first kappa shape index (κ1) is 7.97. The van der Waals surface area contributed by atoms with Crippen molar-refractivity contribution in [2.45, 2.75) is 6.55 Å². The van der Waals surface area contributed by atoms with Crippen molar-refractivity contribution >= 4 is 31.8 Å². The van der Waals surface area contributed by atoms with Crippen molar-refractivity contribution in [3.05, 3.63) is 30.3 Å². The molecule has 1 atom stereocenters. The summed E-state index contributed by atoms with van der Waals surface area (Å²) in [7, 11) is 1.56. The lowest BCUT2D eigenvalue weighted by atomic mass is 10.4. The Balaban J connectivity index is 2.75. The van der Waals surface area contributed by atoms with Crippen LogP contribution in [0.4, 0.5) is 0 Å².